The number of benzene rings is 1. The van der Waals surface area contributed by atoms with E-state index in [4.69, 9.17) is 16.0 Å². The second-order valence-corrected chi connectivity index (χ2v) is 9.29. The predicted octanol–water partition coefficient (Wildman–Crippen LogP) is 5.01. The van der Waals surface area contributed by atoms with Gasteiger partial charge in [-0.2, -0.15) is 0 Å². The third-order valence-electron chi connectivity index (χ3n) is 5.90. The highest BCUT2D eigenvalue weighted by Gasteiger charge is 2.40. The first kappa shape index (κ1) is 22.2. The van der Waals surface area contributed by atoms with Gasteiger partial charge in [-0.05, 0) is 64.1 Å². The summed E-state index contributed by atoms with van der Waals surface area (Å²) in [7, 11) is 0. The summed E-state index contributed by atoms with van der Waals surface area (Å²) >= 11 is 6.07. The van der Waals surface area contributed by atoms with Crippen LogP contribution in [0.4, 0.5) is 5.69 Å². The molecule has 4 rings (SSSR count). The lowest BCUT2D eigenvalue weighted by molar-refractivity contribution is -0.144. The minimum absolute atomic E-state index is 0.0525. The van der Waals surface area contributed by atoms with Crippen LogP contribution in [0.15, 0.2) is 65.4 Å². The number of aromatic nitrogens is 1. The number of fused-ring (bicyclic) bond motifs is 3. The van der Waals surface area contributed by atoms with E-state index in [0.29, 0.717) is 5.76 Å². The summed E-state index contributed by atoms with van der Waals surface area (Å²) in [5.74, 6) is 0.521. The maximum absolute atomic E-state index is 13.9. The van der Waals surface area contributed by atoms with Gasteiger partial charge in [-0.3, -0.25) is 14.5 Å². The van der Waals surface area contributed by atoms with E-state index in [9.17, 15) is 9.59 Å². The molecule has 1 aromatic carbocycles. The zero-order chi connectivity index (χ0) is 23.0. The monoisotopic (exact) mass is 453 g/mol. The van der Waals surface area contributed by atoms with E-state index in [1.54, 1.807) is 29.9 Å². The molecule has 0 aliphatic carbocycles. The number of nitrogens with zero attached hydrogens (tertiary/aromatic N) is 3. The molecule has 0 unspecified atom stereocenters. The van der Waals surface area contributed by atoms with E-state index in [0.717, 1.165) is 17.1 Å². The summed E-state index contributed by atoms with van der Waals surface area (Å²) in [6, 6.07) is 14.8. The van der Waals surface area contributed by atoms with Crippen LogP contribution in [0, 0.1) is 5.41 Å². The molecule has 0 saturated carbocycles. The summed E-state index contributed by atoms with van der Waals surface area (Å²) in [5.41, 5.74) is 1.85. The number of hydrogen-bond donors (Lipinski definition) is 0. The van der Waals surface area contributed by atoms with Crippen molar-refractivity contribution in [1.82, 2.24) is 9.47 Å². The highest BCUT2D eigenvalue weighted by atomic mass is 35.5. The molecule has 0 radical (unpaired) electrons. The van der Waals surface area contributed by atoms with Gasteiger partial charge in [0.2, 0.25) is 11.8 Å². The first-order valence-electron chi connectivity index (χ1n) is 10.8. The van der Waals surface area contributed by atoms with Crippen molar-refractivity contribution in [2.24, 2.45) is 5.41 Å². The first-order valence-corrected chi connectivity index (χ1v) is 11.3. The lowest BCUT2D eigenvalue weighted by Gasteiger charge is -2.39. The highest BCUT2D eigenvalue weighted by molar-refractivity contribution is 6.20. The van der Waals surface area contributed by atoms with Gasteiger partial charge in [0.25, 0.3) is 0 Å². The smallest absolute Gasteiger partial charge is 0.247 e. The van der Waals surface area contributed by atoms with Gasteiger partial charge in [0, 0.05) is 18.1 Å². The van der Waals surface area contributed by atoms with Gasteiger partial charge in [0.1, 0.15) is 18.3 Å². The number of para-hydroxylation sites is 2. The molecule has 3 aromatic rings. The van der Waals surface area contributed by atoms with Gasteiger partial charge in [-0.1, -0.05) is 12.1 Å². The topological polar surface area (TPSA) is 58.7 Å². The van der Waals surface area contributed by atoms with Crippen molar-refractivity contribution in [2.75, 3.05) is 17.3 Å². The Bertz CT molecular complexity index is 1120. The third-order valence-corrected chi connectivity index (χ3v) is 6.57. The number of rotatable bonds is 6. The van der Waals surface area contributed by atoms with E-state index < -0.39 is 11.5 Å². The zero-order valence-electron chi connectivity index (χ0n) is 18.8. The number of hydrogen-bond acceptors (Lipinski definition) is 3. The zero-order valence-corrected chi connectivity index (χ0v) is 19.5. The van der Waals surface area contributed by atoms with Crippen molar-refractivity contribution >= 4 is 29.1 Å². The van der Waals surface area contributed by atoms with Crippen molar-refractivity contribution in [3.05, 3.63) is 72.4 Å². The number of alkyl halides is 1. The SMILES string of the molecule is CC(C)N(CC(=O)N1c2ccccc2-n2cccc2[C@@H]1c1ccco1)C(=O)C(C)(C)CCl. The summed E-state index contributed by atoms with van der Waals surface area (Å²) < 4.78 is 7.84. The number of anilines is 1. The predicted molar refractivity (Wildman–Crippen MR) is 125 cm³/mol. The molecule has 2 amide bonds. The minimum Gasteiger partial charge on any atom is -0.467 e. The van der Waals surface area contributed by atoms with E-state index in [1.807, 2.05) is 68.6 Å². The number of halogens is 1. The Morgan fingerprint density at radius 2 is 1.81 bits per heavy atom. The summed E-state index contributed by atoms with van der Waals surface area (Å²) in [6.07, 6.45) is 3.59. The van der Waals surface area contributed by atoms with Crippen molar-refractivity contribution < 1.29 is 14.0 Å². The molecule has 32 heavy (non-hydrogen) atoms. The van der Waals surface area contributed by atoms with Gasteiger partial charge in [0.05, 0.1) is 28.7 Å². The molecule has 2 aromatic heterocycles. The summed E-state index contributed by atoms with van der Waals surface area (Å²) in [4.78, 5) is 30.5. The van der Waals surface area contributed by atoms with E-state index in [2.05, 4.69) is 4.57 Å². The van der Waals surface area contributed by atoms with Crippen LogP contribution in [0.5, 0.6) is 0 Å². The van der Waals surface area contributed by atoms with Gasteiger partial charge < -0.3 is 13.9 Å². The lowest BCUT2D eigenvalue weighted by Crippen LogP contribution is -2.52. The van der Waals surface area contributed by atoms with Crippen LogP contribution in [0.1, 0.15) is 45.2 Å². The Balaban J connectivity index is 1.78. The lowest BCUT2D eigenvalue weighted by atomic mass is 9.93. The molecule has 0 bridgehead atoms. The second kappa shape index (κ2) is 8.51. The molecule has 0 N–H and O–H groups in total. The van der Waals surface area contributed by atoms with E-state index >= 15 is 0 Å². The van der Waals surface area contributed by atoms with Crippen molar-refractivity contribution in [3.8, 4) is 5.69 Å². The molecule has 7 heteroatoms. The van der Waals surface area contributed by atoms with Crippen LogP contribution in [0.2, 0.25) is 0 Å². The van der Waals surface area contributed by atoms with Crippen LogP contribution in [-0.2, 0) is 9.59 Å². The molecule has 0 fully saturated rings. The average molecular weight is 454 g/mol. The number of amides is 2. The Morgan fingerprint density at radius 3 is 2.44 bits per heavy atom. The van der Waals surface area contributed by atoms with Crippen LogP contribution >= 0.6 is 11.6 Å². The van der Waals surface area contributed by atoms with Crippen LogP contribution in [0.3, 0.4) is 0 Å². The molecule has 168 valence electrons. The first-order chi connectivity index (χ1) is 15.3. The van der Waals surface area contributed by atoms with Crippen molar-refractivity contribution in [2.45, 2.75) is 39.8 Å². The molecule has 1 atom stereocenters. The van der Waals surface area contributed by atoms with Crippen molar-refractivity contribution in [3.63, 3.8) is 0 Å². The summed E-state index contributed by atoms with van der Waals surface area (Å²) in [5, 5.41) is 0. The highest BCUT2D eigenvalue weighted by Crippen LogP contribution is 2.42. The molecule has 1 aliphatic heterocycles. The van der Waals surface area contributed by atoms with Gasteiger partial charge in [-0.15, -0.1) is 11.6 Å². The van der Waals surface area contributed by atoms with Crippen LogP contribution < -0.4 is 4.90 Å². The maximum atomic E-state index is 13.9. The van der Waals surface area contributed by atoms with E-state index in [1.165, 1.54) is 0 Å². The van der Waals surface area contributed by atoms with Gasteiger partial charge in [0.15, 0.2) is 0 Å². The molecular weight excluding hydrogens is 426 g/mol. The number of carbonyl (C=O) groups excluding carboxylic acids is 2. The number of carbonyl (C=O) groups is 2. The fourth-order valence-corrected chi connectivity index (χ4v) is 4.25. The van der Waals surface area contributed by atoms with Gasteiger partial charge >= 0.3 is 0 Å². The van der Waals surface area contributed by atoms with Gasteiger partial charge in [-0.25, -0.2) is 0 Å². The molecule has 1 aliphatic rings. The summed E-state index contributed by atoms with van der Waals surface area (Å²) in [6.45, 7) is 7.38. The Morgan fingerprint density at radius 1 is 1.09 bits per heavy atom. The molecule has 0 saturated heterocycles. The third kappa shape index (κ3) is 3.73. The molecule has 3 heterocycles. The largest absolute Gasteiger partial charge is 0.467 e. The second-order valence-electron chi connectivity index (χ2n) is 9.02. The fourth-order valence-electron chi connectivity index (χ4n) is 4.13. The minimum atomic E-state index is -0.763. The van der Waals surface area contributed by atoms with E-state index in [-0.39, 0.29) is 30.3 Å². The molecule has 6 nitrogen and oxygen atoms in total. The van der Waals surface area contributed by atoms with Crippen LogP contribution in [-0.4, -0.2) is 39.7 Å². The standard InChI is InChI=1S/C25H28ClN3O3/c1-17(2)28(24(31)25(3,4)16-26)15-22(30)29-19-10-6-5-9-18(19)27-13-7-11-20(27)23(29)21-12-8-14-32-21/h5-14,17,23H,15-16H2,1-4H3/t23-/m1/s1. The van der Waals surface area contributed by atoms with Crippen molar-refractivity contribution in [1.29, 1.82) is 0 Å². The molecule has 0 spiro atoms. The number of furan rings is 1. The average Bonchev–Trinajstić information content (AvgIpc) is 3.48. The normalized spacial score (nSPS) is 15.4. The molecular formula is C25H28ClN3O3. The Kier molecular flexibility index (Phi) is 5.91. The maximum Gasteiger partial charge on any atom is 0.247 e. The quantitative estimate of drug-likeness (QED) is 0.493. The fraction of sp³-hybridized carbons (Fsp3) is 0.360. The Hall–Kier alpha value is -2.99. The van der Waals surface area contributed by atoms with Crippen LogP contribution in [0.25, 0.3) is 5.69 Å². The Labute approximate surface area is 193 Å².